The van der Waals surface area contributed by atoms with Gasteiger partial charge in [-0.05, 0) is 24.2 Å². The molecule has 1 heterocycles. The predicted octanol–water partition coefficient (Wildman–Crippen LogP) is 1.96. The first-order valence-corrected chi connectivity index (χ1v) is 6.52. The third-order valence-electron chi connectivity index (χ3n) is 2.92. The van der Waals surface area contributed by atoms with Crippen molar-refractivity contribution in [3.05, 3.63) is 53.6 Å². The summed E-state index contributed by atoms with van der Waals surface area (Å²) in [6, 6.07) is 9.83. The van der Waals surface area contributed by atoms with Crippen molar-refractivity contribution in [3.8, 4) is 6.07 Å². The van der Waals surface area contributed by atoms with Crippen LogP contribution < -0.4 is 5.32 Å². The fourth-order valence-electron chi connectivity index (χ4n) is 1.97. The van der Waals surface area contributed by atoms with Crippen molar-refractivity contribution in [1.29, 1.82) is 5.26 Å². The Morgan fingerprint density at radius 3 is 3.11 bits per heavy atom. The standard InChI is InChI=1S/C15H18N4/c1-2-17-7-6-15-11-19(12-18-15)10-14-5-3-4-13(8-14)9-16/h3-5,8,11-12,17H,2,6-7,10H2,1H3. The van der Waals surface area contributed by atoms with Crippen molar-refractivity contribution in [2.24, 2.45) is 0 Å². The Kier molecular flexibility index (Phi) is 4.71. The molecule has 4 heteroatoms. The number of aromatic nitrogens is 2. The fraction of sp³-hybridized carbons (Fsp3) is 0.333. The molecule has 0 atom stereocenters. The van der Waals surface area contributed by atoms with Crippen LogP contribution in [0.2, 0.25) is 0 Å². The van der Waals surface area contributed by atoms with Gasteiger partial charge in [-0.2, -0.15) is 5.26 Å². The molecule has 0 radical (unpaired) electrons. The van der Waals surface area contributed by atoms with E-state index in [0.29, 0.717) is 5.56 Å². The summed E-state index contributed by atoms with van der Waals surface area (Å²) in [5.41, 5.74) is 2.91. The summed E-state index contributed by atoms with van der Waals surface area (Å²) < 4.78 is 2.05. The minimum absolute atomic E-state index is 0.699. The number of nitrogens with zero attached hydrogens (tertiary/aromatic N) is 3. The molecule has 0 spiro atoms. The van der Waals surface area contributed by atoms with Gasteiger partial charge in [0.25, 0.3) is 0 Å². The normalized spacial score (nSPS) is 10.3. The van der Waals surface area contributed by atoms with Crippen LogP contribution in [0.1, 0.15) is 23.7 Å². The maximum atomic E-state index is 8.88. The number of imidazole rings is 1. The monoisotopic (exact) mass is 254 g/mol. The van der Waals surface area contributed by atoms with E-state index in [2.05, 4.69) is 34.1 Å². The topological polar surface area (TPSA) is 53.6 Å². The van der Waals surface area contributed by atoms with Crippen LogP contribution in [-0.4, -0.2) is 22.6 Å². The van der Waals surface area contributed by atoms with Gasteiger partial charge in [-0.25, -0.2) is 4.98 Å². The van der Waals surface area contributed by atoms with Gasteiger partial charge in [0.2, 0.25) is 0 Å². The number of rotatable bonds is 6. The van der Waals surface area contributed by atoms with E-state index < -0.39 is 0 Å². The van der Waals surface area contributed by atoms with E-state index in [1.807, 2.05) is 30.6 Å². The Hall–Kier alpha value is -2.12. The van der Waals surface area contributed by atoms with Crippen molar-refractivity contribution < 1.29 is 0 Å². The molecular formula is C15H18N4. The van der Waals surface area contributed by atoms with E-state index in [0.717, 1.165) is 37.3 Å². The van der Waals surface area contributed by atoms with Crippen molar-refractivity contribution >= 4 is 0 Å². The van der Waals surface area contributed by atoms with Gasteiger partial charge >= 0.3 is 0 Å². The number of nitriles is 1. The summed E-state index contributed by atoms with van der Waals surface area (Å²) in [6.07, 6.45) is 4.86. The number of nitrogens with one attached hydrogen (secondary N) is 1. The molecular weight excluding hydrogens is 236 g/mol. The minimum Gasteiger partial charge on any atom is -0.333 e. The molecule has 0 amide bonds. The van der Waals surface area contributed by atoms with E-state index in [1.54, 1.807) is 0 Å². The lowest BCUT2D eigenvalue weighted by Gasteiger charge is -2.02. The molecule has 0 aliphatic heterocycles. The van der Waals surface area contributed by atoms with Crippen molar-refractivity contribution in [2.45, 2.75) is 19.9 Å². The summed E-state index contributed by atoms with van der Waals surface area (Å²) in [6.45, 7) is 4.80. The molecule has 0 fully saturated rings. The average Bonchev–Trinajstić information content (AvgIpc) is 2.87. The zero-order valence-electron chi connectivity index (χ0n) is 11.1. The lowest BCUT2D eigenvalue weighted by Crippen LogP contribution is -2.16. The molecule has 1 aromatic carbocycles. The van der Waals surface area contributed by atoms with Crippen LogP contribution in [-0.2, 0) is 13.0 Å². The second-order valence-corrected chi connectivity index (χ2v) is 4.45. The Balaban J connectivity index is 1.97. The van der Waals surface area contributed by atoms with E-state index in [9.17, 15) is 0 Å². The summed E-state index contributed by atoms with van der Waals surface area (Å²) in [5.74, 6) is 0. The van der Waals surface area contributed by atoms with Crippen LogP contribution in [0, 0.1) is 11.3 Å². The smallest absolute Gasteiger partial charge is 0.0991 e. The molecule has 1 aromatic heterocycles. The lowest BCUT2D eigenvalue weighted by atomic mass is 10.1. The Labute approximate surface area is 113 Å². The number of hydrogen-bond acceptors (Lipinski definition) is 3. The van der Waals surface area contributed by atoms with Gasteiger partial charge in [-0.1, -0.05) is 19.1 Å². The Morgan fingerprint density at radius 1 is 1.42 bits per heavy atom. The van der Waals surface area contributed by atoms with Gasteiger partial charge in [0.15, 0.2) is 0 Å². The second-order valence-electron chi connectivity index (χ2n) is 4.45. The molecule has 1 N–H and O–H groups in total. The van der Waals surface area contributed by atoms with Crippen molar-refractivity contribution in [2.75, 3.05) is 13.1 Å². The van der Waals surface area contributed by atoms with Gasteiger partial charge in [0, 0.05) is 25.7 Å². The third kappa shape index (κ3) is 3.94. The first-order chi connectivity index (χ1) is 9.31. The zero-order valence-corrected chi connectivity index (χ0v) is 11.1. The highest BCUT2D eigenvalue weighted by molar-refractivity contribution is 5.32. The summed E-state index contributed by atoms with van der Waals surface area (Å²) in [7, 11) is 0. The van der Waals surface area contributed by atoms with Gasteiger partial charge in [0.1, 0.15) is 0 Å². The Bertz CT molecular complexity index is 566. The molecule has 0 aliphatic carbocycles. The maximum Gasteiger partial charge on any atom is 0.0991 e. The van der Waals surface area contributed by atoms with E-state index in [1.165, 1.54) is 0 Å². The van der Waals surface area contributed by atoms with Crippen LogP contribution >= 0.6 is 0 Å². The summed E-state index contributed by atoms with van der Waals surface area (Å²) in [4.78, 5) is 4.38. The highest BCUT2D eigenvalue weighted by Gasteiger charge is 2.00. The third-order valence-corrected chi connectivity index (χ3v) is 2.92. The van der Waals surface area contributed by atoms with E-state index in [-0.39, 0.29) is 0 Å². The molecule has 0 aliphatic rings. The molecule has 2 aromatic rings. The second kappa shape index (κ2) is 6.72. The maximum absolute atomic E-state index is 8.88. The molecule has 0 saturated heterocycles. The largest absolute Gasteiger partial charge is 0.333 e. The highest BCUT2D eigenvalue weighted by atomic mass is 15.0. The van der Waals surface area contributed by atoms with Crippen LogP contribution in [0.25, 0.3) is 0 Å². The number of likely N-dealkylation sites (N-methyl/N-ethyl adjacent to an activating group) is 1. The van der Waals surface area contributed by atoms with E-state index in [4.69, 9.17) is 5.26 Å². The summed E-state index contributed by atoms with van der Waals surface area (Å²) >= 11 is 0. The van der Waals surface area contributed by atoms with Gasteiger partial charge < -0.3 is 9.88 Å². The zero-order chi connectivity index (χ0) is 13.5. The first-order valence-electron chi connectivity index (χ1n) is 6.52. The van der Waals surface area contributed by atoms with Gasteiger partial charge in [-0.3, -0.25) is 0 Å². The average molecular weight is 254 g/mol. The molecule has 0 saturated carbocycles. The first kappa shape index (κ1) is 13.3. The molecule has 2 rings (SSSR count). The SMILES string of the molecule is CCNCCc1cn(Cc2cccc(C#N)c2)cn1. The number of hydrogen-bond donors (Lipinski definition) is 1. The lowest BCUT2D eigenvalue weighted by molar-refractivity contribution is 0.708. The molecule has 98 valence electrons. The quantitative estimate of drug-likeness (QED) is 0.802. The van der Waals surface area contributed by atoms with Gasteiger partial charge in [0.05, 0.1) is 23.7 Å². The van der Waals surface area contributed by atoms with Crippen molar-refractivity contribution in [3.63, 3.8) is 0 Å². The molecule has 0 unspecified atom stereocenters. The Morgan fingerprint density at radius 2 is 2.32 bits per heavy atom. The van der Waals surface area contributed by atoms with Crippen LogP contribution in [0.15, 0.2) is 36.8 Å². The predicted molar refractivity (Wildman–Crippen MR) is 74.7 cm³/mol. The molecule has 19 heavy (non-hydrogen) atoms. The van der Waals surface area contributed by atoms with Gasteiger partial charge in [-0.15, -0.1) is 0 Å². The van der Waals surface area contributed by atoms with Crippen LogP contribution in [0.4, 0.5) is 0 Å². The van der Waals surface area contributed by atoms with Crippen LogP contribution in [0.3, 0.4) is 0 Å². The summed E-state index contributed by atoms with van der Waals surface area (Å²) in [5, 5.41) is 12.2. The highest BCUT2D eigenvalue weighted by Crippen LogP contribution is 2.07. The molecule has 4 nitrogen and oxygen atoms in total. The van der Waals surface area contributed by atoms with Crippen LogP contribution in [0.5, 0.6) is 0 Å². The number of benzene rings is 1. The molecule has 0 bridgehead atoms. The van der Waals surface area contributed by atoms with Crippen molar-refractivity contribution in [1.82, 2.24) is 14.9 Å². The van der Waals surface area contributed by atoms with E-state index >= 15 is 0 Å². The fourth-order valence-corrected chi connectivity index (χ4v) is 1.97. The minimum atomic E-state index is 0.699.